The summed E-state index contributed by atoms with van der Waals surface area (Å²) in [6, 6.07) is 1.77. The fourth-order valence-corrected chi connectivity index (χ4v) is 4.55. The second-order valence-corrected chi connectivity index (χ2v) is 7.66. The molecule has 3 rings (SSSR count). The third-order valence-electron chi connectivity index (χ3n) is 5.59. The van der Waals surface area contributed by atoms with Gasteiger partial charge in [-0.05, 0) is 63.7 Å². The van der Waals surface area contributed by atoms with Gasteiger partial charge in [0.05, 0.1) is 0 Å². The largest absolute Gasteiger partial charge is 0.316 e. The molecule has 0 spiro atoms. The zero-order valence-electron chi connectivity index (χ0n) is 13.5. The van der Waals surface area contributed by atoms with E-state index in [1.807, 2.05) is 0 Å². The molecule has 20 heavy (non-hydrogen) atoms. The lowest BCUT2D eigenvalue weighted by Crippen LogP contribution is -2.46. The van der Waals surface area contributed by atoms with Crippen LogP contribution in [0.4, 0.5) is 0 Å². The highest BCUT2D eigenvalue weighted by atomic mass is 15.3. The maximum Gasteiger partial charge on any atom is 0.0263 e. The number of nitrogens with one attached hydrogen (secondary N) is 1. The molecule has 0 aromatic carbocycles. The third kappa shape index (κ3) is 3.37. The quantitative estimate of drug-likeness (QED) is 0.832. The summed E-state index contributed by atoms with van der Waals surface area (Å²) in [4.78, 5) is 5.61. The van der Waals surface area contributed by atoms with Gasteiger partial charge >= 0.3 is 0 Å². The van der Waals surface area contributed by atoms with E-state index in [0.29, 0.717) is 0 Å². The van der Waals surface area contributed by atoms with Crippen LogP contribution < -0.4 is 5.32 Å². The summed E-state index contributed by atoms with van der Waals surface area (Å²) < 4.78 is 0. The standard InChI is InChI=1S/C17H33N3/c1-14(2)11-18-12-15-6-9-20(13-15)17-7-10-19-8-4-3-5-16(17)19/h14-18H,3-13H2,1-2H3. The number of fused-ring (bicyclic) bond motifs is 1. The van der Waals surface area contributed by atoms with Crippen molar-refractivity contribution in [2.45, 2.75) is 58.0 Å². The summed E-state index contributed by atoms with van der Waals surface area (Å²) >= 11 is 0. The van der Waals surface area contributed by atoms with Gasteiger partial charge in [-0.2, -0.15) is 0 Å². The monoisotopic (exact) mass is 279 g/mol. The third-order valence-corrected chi connectivity index (χ3v) is 5.59. The Balaban J connectivity index is 1.45. The first-order chi connectivity index (χ1) is 9.74. The summed E-state index contributed by atoms with van der Waals surface area (Å²) in [7, 11) is 0. The Kier molecular flexibility index (Phi) is 5.00. The molecule has 1 N–H and O–H groups in total. The smallest absolute Gasteiger partial charge is 0.0263 e. The molecule has 0 aliphatic carbocycles. The summed E-state index contributed by atoms with van der Waals surface area (Å²) in [5.74, 6) is 1.67. The molecule has 0 amide bonds. The Hall–Kier alpha value is -0.120. The van der Waals surface area contributed by atoms with Crippen LogP contribution in [0.25, 0.3) is 0 Å². The first kappa shape index (κ1) is 14.8. The van der Waals surface area contributed by atoms with Crippen LogP contribution in [0.1, 0.15) is 46.0 Å². The molecule has 3 saturated heterocycles. The molecule has 3 aliphatic rings. The van der Waals surface area contributed by atoms with Crippen LogP contribution in [-0.2, 0) is 0 Å². The van der Waals surface area contributed by atoms with Gasteiger partial charge in [0.15, 0.2) is 0 Å². The molecule has 3 unspecified atom stereocenters. The number of rotatable bonds is 5. The fraction of sp³-hybridized carbons (Fsp3) is 1.00. The average Bonchev–Trinajstić information content (AvgIpc) is 3.04. The SMILES string of the molecule is CC(C)CNCC1CCN(C2CCN3CCCCC23)C1. The van der Waals surface area contributed by atoms with Crippen molar-refractivity contribution in [1.82, 2.24) is 15.1 Å². The molecule has 0 bridgehead atoms. The van der Waals surface area contributed by atoms with Crippen LogP contribution in [-0.4, -0.2) is 61.2 Å². The van der Waals surface area contributed by atoms with Gasteiger partial charge in [0, 0.05) is 25.2 Å². The van der Waals surface area contributed by atoms with Crippen LogP contribution in [0.3, 0.4) is 0 Å². The lowest BCUT2D eigenvalue weighted by molar-refractivity contribution is 0.128. The molecule has 0 aromatic heterocycles. The maximum atomic E-state index is 3.66. The summed E-state index contributed by atoms with van der Waals surface area (Å²) in [5.41, 5.74) is 0. The van der Waals surface area contributed by atoms with E-state index < -0.39 is 0 Å². The van der Waals surface area contributed by atoms with Crippen molar-refractivity contribution in [2.24, 2.45) is 11.8 Å². The van der Waals surface area contributed by atoms with Gasteiger partial charge in [-0.1, -0.05) is 20.3 Å². The number of nitrogens with zero attached hydrogens (tertiary/aromatic N) is 2. The van der Waals surface area contributed by atoms with Gasteiger partial charge in [-0.25, -0.2) is 0 Å². The van der Waals surface area contributed by atoms with Crippen molar-refractivity contribution in [3.63, 3.8) is 0 Å². The minimum absolute atomic E-state index is 0.776. The van der Waals surface area contributed by atoms with E-state index in [4.69, 9.17) is 0 Å². The molecule has 3 nitrogen and oxygen atoms in total. The van der Waals surface area contributed by atoms with E-state index in [2.05, 4.69) is 29.0 Å². The number of piperidine rings is 1. The highest BCUT2D eigenvalue weighted by molar-refractivity contribution is 4.97. The second-order valence-electron chi connectivity index (χ2n) is 7.66. The van der Waals surface area contributed by atoms with Crippen molar-refractivity contribution in [2.75, 3.05) is 39.3 Å². The Morgan fingerprint density at radius 2 is 1.75 bits per heavy atom. The first-order valence-corrected chi connectivity index (χ1v) is 8.93. The highest BCUT2D eigenvalue weighted by Gasteiger charge is 2.40. The molecular weight excluding hydrogens is 246 g/mol. The van der Waals surface area contributed by atoms with E-state index >= 15 is 0 Å². The summed E-state index contributed by atoms with van der Waals surface area (Å²) in [6.45, 7) is 12.4. The van der Waals surface area contributed by atoms with Crippen molar-refractivity contribution in [3.8, 4) is 0 Å². The van der Waals surface area contributed by atoms with E-state index in [1.54, 1.807) is 0 Å². The summed E-state index contributed by atoms with van der Waals surface area (Å²) in [6.07, 6.45) is 7.19. The molecule has 3 heterocycles. The number of likely N-dealkylation sites (tertiary alicyclic amines) is 1. The van der Waals surface area contributed by atoms with Crippen LogP contribution in [0, 0.1) is 11.8 Å². The minimum atomic E-state index is 0.776. The van der Waals surface area contributed by atoms with E-state index in [1.165, 1.54) is 71.4 Å². The first-order valence-electron chi connectivity index (χ1n) is 8.93. The van der Waals surface area contributed by atoms with Gasteiger partial charge < -0.3 is 5.32 Å². The van der Waals surface area contributed by atoms with E-state index in [0.717, 1.165) is 23.9 Å². The molecule has 3 fully saturated rings. The summed E-state index contributed by atoms with van der Waals surface area (Å²) in [5, 5.41) is 3.66. The van der Waals surface area contributed by atoms with Gasteiger partial charge in [0.1, 0.15) is 0 Å². The van der Waals surface area contributed by atoms with Crippen LogP contribution >= 0.6 is 0 Å². The van der Waals surface area contributed by atoms with Crippen LogP contribution in [0.2, 0.25) is 0 Å². The molecule has 0 aromatic rings. The predicted octanol–water partition coefficient (Wildman–Crippen LogP) is 2.18. The normalized spacial score (nSPS) is 35.9. The second kappa shape index (κ2) is 6.76. The molecular formula is C17H33N3. The number of hydrogen-bond acceptors (Lipinski definition) is 3. The Bertz CT molecular complexity index is 305. The maximum absolute atomic E-state index is 3.66. The Morgan fingerprint density at radius 1 is 0.950 bits per heavy atom. The number of hydrogen-bond donors (Lipinski definition) is 1. The minimum Gasteiger partial charge on any atom is -0.316 e. The predicted molar refractivity (Wildman–Crippen MR) is 85.0 cm³/mol. The van der Waals surface area contributed by atoms with Gasteiger partial charge in [-0.15, -0.1) is 0 Å². The molecule has 0 saturated carbocycles. The van der Waals surface area contributed by atoms with Crippen LogP contribution in [0.15, 0.2) is 0 Å². The lowest BCUT2D eigenvalue weighted by Gasteiger charge is -2.36. The van der Waals surface area contributed by atoms with E-state index in [-0.39, 0.29) is 0 Å². The van der Waals surface area contributed by atoms with Gasteiger partial charge in [0.2, 0.25) is 0 Å². The van der Waals surface area contributed by atoms with Gasteiger partial charge in [0.25, 0.3) is 0 Å². The molecule has 116 valence electrons. The zero-order valence-corrected chi connectivity index (χ0v) is 13.5. The van der Waals surface area contributed by atoms with Crippen LogP contribution in [0.5, 0.6) is 0 Å². The molecule has 3 aliphatic heterocycles. The van der Waals surface area contributed by atoms with Crippen molar-refractivity contribution >= 4 is 0 Å². The lowest BCUT2D eigenvalue weighted by atomic mass is 9.98. The zero-order chi connectivity index (χ0) is 13.9. The average molecular weight is 279 g/mol. The van der Waals surface area contributed by atoms with Gasteiger partial charge in [-0.3, -0.25) is 9.80 Å². The van der Waals surface area contributed by atoms with Crippen molar-refractivity contribution < 1.29 is 0 Å². The molecule has 0 radical (unpaired) electrons. The topological polar surface area (TPSA) is 18.5 Å². The highest BCUT2D eigenvalue weighted by Crippen LogP contribution is 2.33. The Labute approximate surface area is 125 Å². The van der Waals surface area contributed by atoms with E-state index in [9.17, 15) is 0 Å². The molecule has 3 atom stereocenters. The Morgan fingerprint density at radius 3 is 2.60 bits per heavy atom. The van der Waals surface area contributed by atoms with Crippen molar-refractivity contribution in [3.05, 3.63) is 0 Å². The molecule has 3 heteroatoms. The fourth-order valence-electron chi connectivity index (χ4n) is 4.55. The van der Waals surface area contributed by atoms with Crippen molar-refractivity contribution in [1.29, 1.82) is 0 Å².